The highest BCUT2D eigenvalue weighted by molar-refractivity contribution is 5.25. The van der Waals surface area contributed by atoms with Gasteiger partial charge in [0.2, 0.25) is 0 Å². The monoisotopic (exact) mass is 290 g/mol. The summed E-state index contributed by atoms with van der Waals surface area (Å²) in [4.78, 5) is 2.67. The van der Waals surface area contributed by atoms with Crippen LogP contribution in [-0.4, -0.2) is 44.3 Å². The Morgan fingerprint density at radius 1 is 1.29 bits per heavy atom. The van der Waals surface area contributed by atoms with Crippen molar-refractivity contribution in [2.75, 3.05) is 33.4 Å². The minimum Gasteiger partial charge on any atom is -0.385 e. The lowest BCUT2D eigenvalue weighted by atomic mass is 9.86. The van der Waals surface area contributed by atoms with Gasteiger partial charge >= 0.3 is 0 Å². The standard InChI is InChI=1S/C18H30N2O/c1-4-17-14-20(12-8-9-13-21-3)18(2,15-19-17)16-10-6-5-7-11-16/h5-7,10-11,17,19H,4,8-9,12-15H2,1-3H3. The van der Waals surface area contributed by atoms with Gasteiger partial charge in [0.05, 0.1) is 5.54 Å². The van der Waals surface area contributed by atoms with E-state index in [0.717, 1.165) is 32.7 Å². The number of hydrogen-bond donors (Lipinski definition) is 1. The summed E-state index contributed by atoms with van der Waals surface area (Å²) in [5.41, 5.74) is 1.51. The molecule has 1 aliphatic heterocycles. The Morgan fingerprint density at radius 2 is 2.05 bits per heavy atom. The molecule has 0 saturated carbocycles. The van der Waals surface area contributed by atoms with Crippen LogP contribution < -0.4 is 5.32 Å². The lowest BCUT2D eigenvalue weighted by molar-refractivity contribution is 0.0452. The van der Waals surface area contributed by atoms with E-state index in [0.29, 0.717) is 6.04 Å². The maximum Gasteiger partial charge on any atom is 0.0558 e. The second-order valence-electron chi connectivity index (χ2n) is 6.27. The first-order chi connectivity index (χ1) is 10.2. The molecule has 1 N–H and O–H groups in total. The van der Waals surface area contributed by atoms with Crippen molar-refractivity contribution in [3.8, 4) is 0 Å². The molecule has 1 aromatic rings. The third-order valence-electron chi connectivity index (χ3n) is 4.79. The fraction of sp³-hybridized carbons (Fsp3) is 0.667. The lowest BCUT2D eigenvalue weighted by Gasteiger charge is -2.48. The topological polar surface area (TPSA) is 24.5 Å². The maximum absolute atomic E-state index is 5.18. The normalized spacial score (nSPS) is 26.9. The van der Waals surface area contributed by atoms with Crippen LogP contribution in [0.2, 0.25) is 0 Å². The number of benzene rings is 1. The summed E-state index contributed by atoms with van der Waals surface area (Å²) in [7, 11) is 1.78. The van der Waals surface area contributed by atoms with E-state index in [2.05, 4.69) is 54.4 Å². The predicted octanol–water partition coefficient (Wildman–Crippen LogP) is 3.01. The number of nitrogens with zero attached hydrogens (tertiary/aromatic N) is 1. The van der Waals surface area contributed by atoms with Gasteiger partial charge in [-0.05, 0) is 38.3 Å². The first kappa shape index (κ1) is 16.5. The van der Waals surface area contributed by atoms with Crippen LogP contribution in [0.5, 0.6) is 0 Å². The van der Waals surface area contributed by atoms with Crippen molar-refractivity contribution in [3.63, 3.8) is 0 Å². The highest BCUT2D eigenvalue weighted by Crippen LogP contribution is 2.31. The van der Waals surface area contributed by atoms with E-state index < -0.39 is 0 Å². The first-order valence-electron chi connectivity index (χ1n) is 8.23. The number of methoxy groups -OCH3 is 1. The molecule has 1 fully saturated rings. The van der Waals surface area contributed by atoms with Crippen LogP contribution in [0.3, 0.4) is 0 Å². The van der Waals surface area contributed by atoms with E-state index in [-0.39, 0.29) is 5.54 Å². The van der Waals surface area contributed by atoms with Gasteiger partial charge in [0.25, 0.3) is 0 Å². The summed E-state index contributed by atoms with van der Waals surface area (Å²) in [6.45, 7) is 8.82. The zero-order valence-electron chi connectivity index (χ0n) is 13.8. The third-order valence-corrected chi connectivity index (χ3v) is 4.79. The Morgan fingerprint density at radius 3 is 2.71 bits per heavy atom. The molecule has 0 amide bonds. The van der Waals surface area contributed by atoms with Crippen LogP contribution in [0.25, 0.3) is 0 Å². The van der Waals surface area contributed by atoms with Crippen molar-refractivity contribution < 1.29 is 4.74 Å². The van der Waals surface area contributed by atoms with Crippen LogP contribution in [0, 0.1) is 0 Å². The molecule has 2 atom stereocenters. The summed E-state index contributed by atoms with van der Waals surface area (Å²) in [5.74, 6) is 0. The van der Waals surface area contributed by atoms with Crippen molar-refractivity contribution in [3.05, 3.63) is 35.9 Å². The van der Waals surface area contributed by atoms with Crippen LogP contribution in [0.1, 0.15) is 38.7 Å². The second kappa shape index (κ2) is 7.92. The van der Waals surface area contributed by atoms with Crippen molar-refractivity contribution in [2.45, 2.75) is 44.7 Å². The largest absolute Gasteiger partial charge is 0.385 e. The molecule has 2 unspecified atom stereocenters. The SMILES string of the molecule is CCC1CN(CCCCOC)C(C)(c2ccccc2)CN1. The molecule has 0 bridgehead atoms. The maximum atomic E-state index is 5.18. The first-order valence-corrected chi connectivity index (χ1v) is 8.23. The molecular weight excluding hydrogens is 260 g/mol. The molecule has 0 aliphatic carbocycles. The molecule has 1 aromatic carbocycles. The van der Waals surface area contributed by atoms with Crippen LogP contribution in [0.4, 0.5) is 0 Å². The number of piperazine rings is 1. The number of nitrogens with one attached hydrogen (secondary N) is 1. The Labute approximate surface area is 129 Å². The quantitative estimate of drug-likeness (QED) is 0.781. The van der Waals surface area contributed by atoms with E-state index in [1.807, 2.05) is 0 Å². The summed E-state index contributed by atoms with van der Waals surface area (Å²) < 4.78 is 5.18. The molecule has 1 aliphatic rings. The minimum absolute atomic E-state index is 0.0972. The zero-order chi connectivity index (χ0) is 15.1. The third kappa shape index (κ3) is 4.06. The molecule has 3 heteroatoms. The number of hydrogen-bond acceptors (Lipinski definition) is 3. The van der Waals surface area contributed by atoms with Gasteiger partial charge in [0.15, 0.2) is 0 Å². The number of rotatable bonds is 7. The Kier molecular flexibility index (Phi) is 6.22. The van der Waals surface area contributed by atoms with E-state index >= 15 is 0 Å². The number of ether oxygens (including phenoxy) is 1. The van der Waals surface area contributed by atoms with Gasteiger partial charge in [0, 0.05) is 32.8 Å². The smallest absolute Gasteiger partial charge is 0.0558 e. The summed E-state index contributed by atoms with van der Waals surface area (Å²) in [5, 5.41) is 3.72. The van der Waals surface area contributed by atoms with E-state index in [4.69, 9.17) is 4.74 Å². The van der Waals surface area contributed by atoms with E-state index in [1.54, 1.807) is 7.11 Å². The molecule has 0 spiro atoms. The molecule has 118 valence electrons. The Balaban J connectivity index is 2.08. The number of unbranched alkanes of at least 4 members (excludes halogenated alkanes) is 1. The van der Waals surface area contributed by atoms with E-state index in [9.17, 15) is 0 Å². The highest BCUT2D eigenvalue weighted by Gasteiger charge is 2.38. The molecule has 3 nitrogen and oxygen atoms in total. The average Bonchev–Trinajstić information content (AvgIpc) is 2.54. The highest BCUT2D eigenvalue weighted by atomic mass is 16.5. The average molecular weight is 290 g/mol. The molecular formula is C18H30N2O. The molecule has 1 saturated heterocycles. The fourth-order valence-electron chi connectivity index (χ4n) is 3.23. The van der Waals surface area contributed by atoms with Crippen molar-refractivity contribution in [1.82, 2.24) is 10.2 Å². The van der Waals surface area contributed by atoms with Gasteiger partial charge in [-0.15, -0.1) is 0 Å². The van der Waals surface area contributed by atoms with Crippen LogP contribution in [-0.2, 0) is 10.3 Å². The second-order valence-corrected chi connectivity index (χ2v) is 6.27. The zero-order valence-corrected chi connectivity index (χ0v) is 13.8. The lowest BCUT2D eigenvalue weighted by Crippen LogP contribution is -2.61. The molecule has 21 heavy (non-hydrogen) atoms. The van der Waals surface area contributed by atoms with Crippen molar-refractivity contribution in [2.24, 2.45) is 0 Å². The van der Waals surface area contributed by atoms with Gasteiger partial charge < -0.3 is 10.1 Å². The minimum atomic E-state index is 0.0972. The van der Waals surface area contributed by atoms with Gasteiger partial charge in [-0.2, -0.15) is 0 Å². The van der Waals surface area contributed by atoms with Crippen LogP contribution >= 0.6 is 0 Å². The summed E-state index contributed by atoms with van der Waals surface area (Å²) >= 11 is 0. The summed E-state index contributed by atoms with van der Waals surface area (Å²) in [6, 6.07) is 11.5. The fourth-order valence-corrected chi connectivity index (χ4v) is 3.23. The predicted molar refractivity (Wildman–Crippen MR) is 88.6 cm³/mol. The molecule has 0 radical (unpaired) electrons. The van der Waals surface area contributed by atoms with Gasteiger partial charge in [-0.3, -0.25) is 4.90 Å². The molecule has 2 rings (SSSR count). The Hall–Kier alpha value is -0.900. The van der Waals surface area contributed by atoms with E-state index in [1.165, 1.54) is 18.4 Å². The molecule has 1 heterocycles. The van der Waals surface area contributed by atoms with Gasteiger partial charge in [-0.25, -0.2) is 0 Å². The summed E-state index contributed by atoms with van der Waals surface area (Å²) in [6.07, 6.45) is 3.54. The molecule has 0 aromatic heterocycles. The Bertz CT molecular complexity index is 409. The van der Waals surface area contributed by atoms with Gasteiger partial charge in [-0.1, -0.05) is 37.3 Å². The van der Waals surface area contributed by atoms with Crippen molar-refractivity contribution >= 4 is 0 Å². The van der Waals surface area contributed by atoms with Crippen molar-refractivity contribution in [1.29, 1.82) is 0 Å². The van der Waals surface area contributed by atoms with Crippen LogP contribution in [0.15, 0.2) is 30.3 Å². The van der Waals surface area contributed by atoms with Gasteiger partial charge in [0.1, 0.15) is 0 Å².